The number of ketones is 1. The van der Waals surface area contributed by atoms with Gasteiger partial charge in [-0.2, -0.15) is 0 Å². The fourth-order valence-electron chi connectivity index (χ4n) is 3.98. The molecule has 0 radical (unpaired) electrons. The summed E-state index contributed by atoms with van der Waals surface area (Å²) in [6, 6.07) is 8.62. The van der Waals surface area contributed by atoms with Crippen LogP contribution >= 0.6 is 0 Å². The van der Waals surface area contributed by atoms with Gasteiger partial charge in [-0.25, -0.2) is 0 Å². The maximum absolute atomic E-state index is 13.3. The molecule has 0 fully saturated rings. The molecule has 0 saturated carbocycles. The van der Waals surface area contributed by atoms with Crippen LogP contribution in [0.5, 0.6) is 17.2 Å². The van der Waals surface area contributed by atoms with Crippen LogP contribution in [0.4, 0.5) is 0 Å². The van der Waals surface area contributed by atoms with Gasteiger partial charge in [-0.15, -0.1) is 0 Å². The molecule has 0 bridgehead atoms. The van der Waals surface area contributed by atoms with Crippen molar-refractivity contribution >= 4 is 23.8 Å². The Morgan fingerprint density at radius 3 is 1.70 bits per heavy atom. The lowest BCUT2D eigenvalue weighted by atomic mass is 9.96. The third kappa shape index (κ3) is 11.9. The first-order valence-corrected chi connectivity index (χ1v) is 15.7. The van der Waals surface area contributed by atoms with E-state index in [0.717, 1.165) is 17.5 Å². The van der Waals surface area contributed by atoms with Gasteiger partial charge in [0, 0.05) is 5.56 Å². The Balaban J connectivity index is 2.47. The Morgan fingerprint density at radius 1 is 0.717 bits per heavy atom. The first kappa shape index (κ1) is 37.9. The van der Waals surface area contributed by atoms with Gasteiger partial charge < -0.3 is 23.7 Å². The van der Waals surface area contributed by atoms with Crippen LogP contribution in [-0.4, -0.2) is 37.9 Å². The number of carbonyl (C=O) groups excluding carboxylic acids is 3. The Kier molecular flexibility index (Phi) is 14.8. The van der Waals surface area contributed by atoms with E-state index in [1.165, 1.54) is 6.08 Å². The zero-order chi connectivity index (χ0) is 34.3. The highest BCUT2D eigenvalue weighted by atomic mass is 16.7. The molecule has 2 aromatic rings. The predicted molar refractivity (Wildman–Crippen MR) is 181 cm³/mol. The Hall–Kier alpha value is -4.33. The van der Waals surface area contributed by atoms with Crippen molar-refractivity contribution in [3.63, 3.8) is 0 Å². The second kappa shape index (κ2) is 18.0. The normalized spacial score (nSPS) is 12.1. The van der Waals surface area contributed by atoms with Crippen molar-refractivity contribution in [1.82, 2.24) is 0 Å². The van der Waals surface area contributed by atoms with E-state index in [1.807, 2.05) is 51.1 Å². The molecule has 2 aromatic carbocycles. The summed E-state index contributed by atoms with van der Waals surface area (Å²) < 4.78 is 28.5. The lowest BCUT2D eigenvalue weighted by molar-refractivity contribution is -0.160. The van der Waals surface area contributed by atoms with Gasteiger partial charge in [0.25, 0.3) is 0 Å². The summed E-state index contributed by atoms with van der Waals surface area (Å²) in [7, 11) is 0. The minimum Gasteiger partial charge on any atom is -0.493 e. The molecule has 8 nitrogen and oxygen atoms in total. The van der Waals surface area contributed by atoms with Crippen LogP contribution < -0.4 is 14.2 Å². The second-order valence-corrected chi connectivity index (χ2v) is 12.8. The highest BCUT2D eigenvalue weighted by Gasteiger charge is 2.25. The summed E-state index contributed by atoms with van der Waals surface area (Å²) in [5.41, 5.74) is 1.53. The first-order chi connectivity index (χ1) is 21.7. The fraction of sp³-hybridized carbons (Fsp3) is 0.447. The van der Waals surface area contributed by atoms with Crippen LogP contribution in [0.2, 0.25) is 0 Å². The maximum atomic E-state index is 13.3. The van der Waals surface area contributed by atoms with E-state index in [2.05, 4.69) is 0 Å². The van der Waals surface area contributed by atoms with E-state index in [4.69, 9.17) is 23.7 Å². The Bertz CT molecular complexity index is 1400. The van der Waals surface area contributed by atoms with Crippen molar-refractivity contribution in [1.29, 1.82) is 0 Å². The van der Waals surface area contributed by atoms with E-state index in [1.54, 1.807) is 71.9 Å². The summed E-state index contributed by atoms with van der Waals surface area (Å²) in [4.78, 5) is 37.8. The average Bonchev–Trinajstić information content (AvgIpc) is 3.00. The smallest absolute Gasteiger partial charge is 0.314 e. The number of hydrogen-bond donors (Lipinski definition) is 0. The molecule has 250 valence electrons. The monoisotopic (exact) mass is 634 g/mol. The number of esters is 2. The molecule has 8 heteroatoms. The van der Waals surface area contributed by atoms with Crippen molar-refractivity contribution < 1.29 is 38.1 Å². The van der Waals surface area contributed by atoms with Crippen LogP contribution in [0.1, 0.15) is 95.8 Å². The summed E-state index contributed by atoms with van der Waals surface area (Å²) in [5.74, 6) is 0.550. The van der Waals surface area contributed by atoms with Crippen LogP contribution in [0.25, 0.3) is 6.08 Å². The summed E-state index contributed by atoms with van der Waals surface area (Å²) in [6.07, 6.45) is 13.1. The third-order valence-corrected chi connectivity index (χ3v) is 6.59. The molecule has 0 aliphatic rings. The molecule has 0 spiro atoms. The fourth-order valence-corrected chi connectivity index (χ4v) is 3.98. The predicted octanol–water partition coefficient (Wildman–Crippen LogP) is 8.46. The molecular weight excluding hydrogens is 584 g/mol. The number of rotatable bonds is 16. The van der Waals surface area contributed by atoms with E-state index >= 15 is 0 Å². The number of ether oxygens (including phenoxy) is 5. The molecule has 0 saturated heterocycles. The SMILES string of the molecule is CC=CCc1cc(CC=CC)c(OCOC(=O)C(C)(C)C)c(C=CC(=O)c2ccc(OCOC(=O)C(C)(C)C)cc2)c1OCCC. The molecule has 0 aliphatic carbocycles. The first-order valence-electron chi connectivity index (χ1n) is 15.7. The number of hydrogen-bond acceptors (Lipinski definition) is 8. The lowest BCUT2D eigenvalue weighted by Crippen LogP contribution is -2.25. The molecule has 0 heterocycles. The topological polar surface area (TPSA) is 97.4 Å². The van der Waals surface area contributed by atoms with Crippen LogP contribution in [-0.2, 0) is 31.9 Å². The number of allylic oxidation sites excluding steroid dienone is 5. The largest absolute Gasteiger partial charge is 0.493 e. The number of benzene rings is 2. The standard InChI is InChI=1S/C38H50O8/c1-10-13-15-28-24-29(16-14-11-2)34(44-26-46-36(41)38(7,8)9)31(33(28)42-23-12-3)21-22-32(39)27-17-19-30(20-18-27)43-25-45-35(40)37(4,5)6/h10-11,13-14,17-22,24H,12,15-16,23,25-26H2,1-9H3. The molecular formula is C38H50O8. The zero-order valence-corrected chi connectivity index (χ0v) is 28.9. The Morgan fingerprint density at radius 2 is 1.22 bits per heavy atom. The maximum Gasteiger partial charge on any atom is 0.314 e. The summed E-state index contributed by atoms with van der Waals surface area (Å²) >= 11 is 0. The minimum absolute atomic E-state index is 0.225. The van der Waals surface area contributed by atoms with Crippen molar-refractivity contribution in [2.24, 2.45) is 10.8 Å². The van der Waals surface area contributed by atoms with Crippen LogP contribution in [0, 0.1) is 10.8 Å². The van der Waals surface area contributed by atoms with Crippen molar-refractivity contribution in [3.8, 4) is 17.2 Å². The van der Waals surface area contributed by atoms with Gasteiger partial charge in [0.1, 0.15) is 17.2 Å². The molecule has 0 amide bonds. The van der Waals surface area contributed by atoms with Crippen molar-refractivity contribution in [3.05, 3.63) is 83.0 Å². The van der Waals surface area contributed by atoms with Crippen LogP contribution in [0.3, 0.4) is 0 Å². The zero-order valence-electron chi connectivity index (χ0n) is 28.9. The van der Waals surface area contributed by atoms with Gasteiger partial charge in [0.05, 0.1) is 23.0 Å². The van der Waals surface area contributed by atoms with E-state index in [9.17, 15) is 14.4 Å². The van der Waals surface area contributed by atoms with E-state index in [-0.39, 0.29) is 31.3 Å². The van der Waals surface area contributed by atoms with Gasteiger partial charge in [-0.1, -0.05) is 31.2 Å². The Labute approximate surface area is 274 Å². The minimum atomic E-state index is -0.685. The van der Waals surface area contributed by atoms with Gasteiger partial charge in [-0.05, 0) is 128 Å². The summed E-state index contributed by atoms with van der Waals surface area (Å²) in [6.45, 7) is 16.5. The second-order valence-electron chi connectivity index (χ2n) is 12.8. The van der Waals surface area contributed by atoms with Gasteiger partial charge in [-0.3, -0.25) is 14.4 Å². The molecule has 0 aromatic heterocycles. The van der Waals surface area contributed by atoms with Crippen LogP contribution in [0.15, 0.2) is 60.7 Å². The third-order valence-electron chi connectivity index (χ3n) is 6.59. The van der Waals surface area contributed by atoms with Gasteiger partial charge >= 0.3 is 11.9 Å². The summed E-state index contributed by atoms with van der Waals surface area (Å²) in [5, 5.41) is 0. The highest BCUT2D eigenvalue weighted by molar-refractivity contribution is 6.07. The lowest BCUT2D eigenvalue weighted by Gasteiger charge is -2.22. The molecule has 2 rings (SSSR count). The number of carbonyl (C=O) groups is 3. The van der Waals surface area contributed by atoms with E-state index < -0.39 is 10.8 Å². The molecule has 0 atom stereocenters. The van der Waals surface area contributed by atoms with Crippen molar-refractivity contribution in [2.75, 3.05) is 20.2 Å². The van der Waals surface area contributed by atoms with Gasteiger partial charge in [0.2, 0.25) is 13.6 Å². The molecule has 0 N–H and O–H groups in total. The molecule has 0 aliphatic heterocycles. The average molecular weight is 635 g/mol. The van der Waals surface area contributed by atoms with Crippen molar-refractivity contribution in [2.45, 2.75) is 81.6 Å². The van der Waals surface area contributed by atoms with E-state index in [0.29, 0.717) is 47.8 Å². The molecule has 46 heavy (non-hydrogen) atoms. The highest BCUT2D eigenvalue weighted by Crippen LogP contribution is 2.39. The quantitative estimate of drug-likeness (QED) is 0.0597. The van der Waals surface area contributed by atoms with Gasteiger partial charge in [0.15, 0.2) is 5.78 Å². The molecule has 0 unspecified atom stereocenters.